The molecule has 1 fully saturated rings. The molecule has 0 aromatic heterocycles. The number of hydrogen-bond donors (Lipinski definition) is 1. The Morgan fingerprint density at radius 3 is 2.53 bits per heavy atom. The second kappa shape index (κ2) is 6.08. The summed E-state index contributed by atoms with van der Waals surface area (Å²) in [5, 5.41) is 9.38. The molecule has 1 atom stereocenters. The number of carbonyl (C=O) groups is 1. The van der Waals surface area contributed by atoms with Crippen LogP contribution in [0.25, 0.3) is 0 Å². The summed E-state index contributed by atoms with van der Waals surface area (Å²) in [7, 11) is 0. The van der Waals surface area contributed by atoms with Crippen molar-refractivity contribution in [2.45, 2.75) is 45.3 Å². The zero-order valence-electron chi connectivity index (χ0n) is 9.61. The molecule has 0 aromatic carbocycles. The van der Waals surface area contributed by atoms with Gasteiger partial charge in [-0.15, -0.1) is 0 Å². The maximum atomic E-state index is 11.6. The van der Waals surface area contributed by atoms with Gasteiger partial charge in [-0.25, -0.2) is 0 Å². The molecule has 0 amide bonds. The molecule has 0 saturated carbocycles. The predicted molar refractivity (Wildman–Crippen MR) is 57.5 cm³/mol. The smallest absolute Gasteiger partial charge is 0.323 e. The van der Waals surface area contributed by atoms with Crippen LogP contribution in [0.15, 0.2) is 0 Å². The van der Waals surface area contributed by atoms with Crippen LogP contribution in [-0.2, 0) is 9.53 Å². The maximum absolute atomic E-state index is 11.6. The molecule has 1 heterocycles. The van der Waals surface area contributed by atoms with Gasteiger partial charge in [0.15, 0.2) is 0 Å². The van der Waals surface area contributed by atoms with Crippen molar-refractivity contribution in [2.24, 2.45) is 0 Å². The Kier molecular flexibility index (Phi) is 5.05. The number of esters is 1. The van der Waals surface area contributed by atoms with Crippen LogP contribution >= 0.6 is 0 Å². The van der Waals surface area contributed by atoms with Gasteiger partial charge in [0.05, 0.1) is 12.7 Å². The molecule has 15 heavy (non-hydrogen) atoms. The lowest BCUT2D eigenvalue weighted by molar-refractivity contribution is -0.150. The minimum Gasteiger partial charge on any atom is -0.465 e. The fourth-order valence-corrected chi connectivity index (χ4v) is 2.01. The number of piperidine rings is 1. The highest BCUT2D eigenvalue weighted by Gasteiger charge is 2.28. The number of nitrogens with zero attached hydrogens (tertiary/aromatic N) is 1. The van der Waals surface area contributed by atoms with Crippen LogP contribution in [0.5, 0.6) is 0 Å². The lowest BCUT2D eigenvalue weighted by atomic mass is 10.0. The first-order valence-electron chi connectivity index (χ1n) is 5.77. The number of aliphatic hydroxyl groups is 1. The average Bonchev–Trinajstić information content (AvgIpc) is 2.22. The first kappa shape index (κ1) is 12.5. The normalized spacial score (nSPS) is 21.3. The molecule has 1 aliphatic heterocycles. The maximum Gasteiger partial charge on any atom is 0.323 e. The summed E-state index contributed by atoms with van der Waals surface area (Å²) in [4.78, 5) is 13.7. The van der Waals surface area contributed by atoms with E-state index in [0.29, 0.717) is 6.61 Å². The van der Waals surface area contributed by atoms with Crippen molar-refractivity contribution in [3.8, 4) is 0 Å². The van der Waals surface area contributed by atoms with Gasteiger partial charge < -0.3 is 9.84 Å². The number of aliphatic hydroxyl groups excluding tert-OH is 1. The molecular weight excluding hydrogens is 194 g/mol. The van der Waals surface area contributed by atoms with Gasteiger partial charge in [-0.2, -0.15) is 0 Å². The molecular formula is C11H21NO3. The van der Waals surface area contributed by atoms with Crippen LogP contribution in [0.2, 0.25) is 0 Å². The summed E-state index contributed by atoms with van der Waals surface area (Å²) < 4.78 is 5.03. The fraction of sp³-hybridized carbons (Fsp3) is 0.909. The largest absolute Gasteiger partial charge is 0.465 e. The SMILES string of the molecule is CCOC(=O)C(CC)N1CCC(O)CC1. The molecule has 4 nitrogen and oxygen atoms in total. The van der Waals surface area contributed by atoms with Crippen molar-refractivity contribution in [2.75, 3.05) is 19.7 Å². The van der Waals surface area contributed by atoms with Crippen molar-refractivity contribution in [1.82, 2.24) is 4.90 Å². The summed E-state index contributed by atoms with van der Waals surface area (Å²) in [6.45, 7) is 5.83. The molecule has 0 bridgehead atoms. The van der Waals surface area contributed by atoms with E-state index >= 15 is 0 Å². The first-order chi connectivity index (χ1) is 7.19. The van der Waals surface area contributed by atoms with Gasteiger partial charge in [0.2, 0.25) is 0 Å². The van der Waals surface area contributed by atoms with Gasteiger partial charge in [0.1, 0.15) is 6.04 Å². The quantitative estimate of drug-likeness (QED) is 0.704. The average molecular weight is 215 g/mol. The topological polar surface area (TPSA) is 49.8 Å². The van der Waals surface area contributed by atoms with Crippen LogP contribution in [0, 0.1) is 0 Å². The Balaban J connectivity index is 2.47. The van der Waals surface area contributed by atoms with Crippen LogP contribution in [0.1, 0.15) is 33.1 Å². The first-order valence-corrected chi connectivity index (χ1v) is 5.77. The molecule has 0 radical (unpaired) electrons. The Labute approximate surface area is 91.2 Å². The number of carbonyl (C=O) groups excluding carboxylic acids is 1. The van der Waals surface area contributed by atoms with E-state index in [4.69, 9.17) is 4.74 Å². The second-order valence-corrected chi connectivity index (χ2v) is 3.94. The number of rotatable bonds is 4. The van der Waals surface area contributed by atoms with Crippen LogP contribution in [-0.4, -0.2) is 47.8 Å². The monoisotopic (exact) mass is 215 g/mol. The van der Waals surface area contributed by atoms with E-state index in [9.17, 15) is 9.90 Å². The van der Waals surface area contributed by atoms with Gasteiger partial charge in [-0.1, -0.05) is 6.92 Å². The Bertz CT molecular complexity index is 200. The Morgan fingerprint density at radius 1 is 1.47 bits per heavy atom. The number of ether oxygens (including phenoxy) is 1. The molecule has 0 aromatic rings. The zero-order valence-corrected chi connectivity index (χ0v) is 9.61. The van der Waals surface area contributed by atoms with Crippen molar-refractivity contribution in [3.05, 3.63) is 0 Å². The third-order valence-corrected chi connectivity index (χ3v) is 2.89. The van der Waals surface area contributed by atoms with E-state index in [1.165, 1.54) is 0 Å². The van der Waals surface area contributed by atoms with E-state index in [0.717, 1.165) is 32.4 Å². The van der Waals surface area contributed by atoms with E-state index in [1.807, 2.05) is 13.8 Å². The highest BCUT2D eigenvalue weighted by molar-refractivity contribution is 5.75. The predicted octanol–water partition coefficient (Wildman–Crippen LogP) is 0.785. The lowest BCUT2D eigenvalue weighted by Crippen LogP contribution is -2.47. The summed E-state index contributed by atoms with van der Waals surface area (Å²) in [6, 6.07) is -0.127. The molecule has 0 spiro atoms. The van der Waals surface area contributed by atoms with Gasteiger partial charge in [-0.3, -0.25) is 9.69 Å². The van der Waals surface area contributed by atoms with E-state index in [-0.39, 0.29) is 18.1 Å². The highest BCUT2D eigenvalue weighted by Crippen LogP contribution is 2.15. The minimum atomic E-state index is -0.194. The molecule has 1 N–H and O–H groups in total. The number of hydrogen-bond acceptors (Lipinski definition) is 4. The van der Waals surface area contributed by atoms with Crippen molar-refractivity contribution < 1.29 is 14.6 Å². The van der Waals surface area contributed by atoms with Gasteiger partial charge in [-0.05, 0) is 26.2 Å². The number of likely N-dealkylation sites (tertiary alicyclic amines) is 1. The van der Waals surface area contributed by atoms with E-state index in [2.05, 4.69) is 4.90 Å². The highest BCUT2D eigenvalue weighted by atomic mass is 16.5. The van der Waals surface area contributed by atoms with Gasteiger partial charge in [0, 0.05) is 13.1 Å². The summed E-state index contributed by atoms with van der Waals surface area (Å²) in [6.07, 6.45) is 2.10. The molecule has 4 heteroatoms. The lowest BCUT2D eigenvalue weighted by Gasteiger charge is -2.34. The molecule has 0 aliphatic carbocycles. The minimum absolute atomic E-state index is 0.127. The van der Waals surface area contributed by atoms with Crippen LogP contribution in [0.4, 0.5) is 0 Å². The van der Waals surface area contributed by atoms with Crippen molar-refractivity contribution >= 4 is 5.97 Å². The van der Waals surface area contributed by atoms with Crippen molar-refractivity contribution in [1.29, 1.82) is 0 Å². The zero-order chi connectivity index (χ0) is 11.3. The van der Waals surface area contributed by atoms with E-state index < -0.39 is 0 Å². The molecule has 1 unspecified atom stereocenters. The standard InChI is InChI=1S/C11H21NO3/c1-3-10(11(14)15-4-2)12-7-5-9(13)6-8-12/h9-10,13H,3-8H2,1-2H3. The van der Waals surface area contributed by atoms with Crippen molar-refractivity contribution in [3.63, 3.8) is 0 Å². The Hall–Kier alpha value is -0.610. The van der Waals surface area contributed by atoms with Gasteiger partial charge >= 0.3 is 5.97 Å². The van der Waals surface area contributed by atoms with Gasteiger partial charge in [0.25, 0.3) is 0 Å². The molecule has 1 aliphatic rings. The fourth-order valence-electron chi connectivity index (χ4n) is 2.01. The van der Waals surface area contributed by atoms with Crippen LogP contribution in [0.3, 0.4) is 0 Å². The molecule has 1 saturated heterocycles. The summed E-state index contributed by atoms with van der Waals surface area (Å²) in [5.74, 6) is -0.128. The second-order valence-electron chi connectivity index (χ2n) is 3.94. The summed E-state index contributed by atoms with van der Waals surface area (Å²) in [5.41, 5.74) is 0. The summed E-state index contributed by atoms with van der Waals surface area (Å²) >= 11 is 0. The molecule has 1 rings (SSSR count). The van der Waals surface area contributed by atoms with E-state index in [1.54, 1.807) is 0 Å². The third-order valence-electron chi connectivity index (χ3n) is 2.89. The molecule has 88 valence electrons. The van der Waals surface area contributed by atoms with Crippen LogP contribution < -0.4 is 0 Å². The third kappa shape index (κ3) is 3.47. The Morgan fingerprint density at radius 2 is 2.07 bits per heavy atom.